The molecule has 0 aliphatic rings. The van der Waals surface area contributed by atoms with E-state index in [-0.39, 0.29) is 17.9 Å². The summed E-state index contributed by atoms with van der Waals surface area (Å²) in [5.41, 5.74) is 1.38. The number of aryl methyl sites for hydroxylation is 2. The average molecular weight is 418 g/mol. The lowest BCUT2D eigenvalue weighted by molar-refractivity contribution is 0.0942. The molecule has 146 valence electrons. The average Bonchev–Trinajstić information content (AvgIpc) is 3.22. The Balaban J connectivity index is 1.83. The number of benzene rings is 1. The minimum atomic E-state index is -0.340. The van der Waals surface area contributed by atoms with Crippen molar-refractivity contribution in [3.63, 3.8) is 0 Å². The van der Waals surface area contributed by atoms with Crippen LogP contribution >= 0.6 is 22.9 Å². The van der Waals surface area contributed by atoms with Crippen LogP contribution in [0.3, 0.4) is 0 Å². The molecule has 6 nitrogen and oxygen atoms in total. The lowest BCUT2D eigenvalue weighted by Gasteiger charge is -2.11. The number of carbonyl (C=O) groups excluding carboxylic acids is 2. The van der Waals surface area contributed by atoms with Crippen LogP contribution in [-0.2, 0) is 0 Å². The van der Waals surface area contributed by atoms with Crippen molar-refractivity contribution in [1.29, 1.82) is 0 Å². The summed E-state index contributed by atoms with van der Waals surface area (Å²) in [6.45, 7) is 7.36. The number of anilines is 1. The Morgan fingerprint density at radius 2 is 1.89 bits per heavy atom. The normalized spacial score (nSPS) is 10.9. The molecule has 2 N–H and O–H groups in total. The van der Waals surface area contributed by atoms with E-state index in [9.17, 15) is 9.59 Å². The zero-order chi connectivity index (χ0) is 20.4. The first kappa shape index (κ1) is 20.1. The maximum Gasteiger partial charge on any atom is 0.267 e. The summed E-state index contributed by atoms with van der Waals surface area (Å²) in [4.78, 5) is 29.9. The second kappa shape index (κ2) is 8.16. The molecular formula is C20H20ClN3O3S. The monoisotopic (exact) mass is 417 g/mol. The first-order chi connectivity index (χ1) is 13.2. The van der Waals surface area contributed by atoms with Gasteiger partial charge in [0.2, 0.25) is 0 Å². The van der Waals surface area contributed by atoms with Crippen LogP contribution in [-0.4, -0.2) is 22.8 Å². The highest BCUT2D eigenvalue weighted by Gasteiger charge is 2.19. The van der Waals surface area contributed by atoms with E-state index < -0.39 is 0 Å². The number of carbonyl (C=O) groups is 2. The summed E-state index contributed by atoms with van der Waals surface area (Å²) in [6, 6.07) is 8.44. The van der Waals surface area contributed by atoms with Gasteiger partial charge in [0.25, 0.3) is 11.8 Å². The van der Waals surface area contributed by atoms with Crippen LogP contribution in [0.4, 0.5) is 5.69 Å². The van der Waals surface area contributed by atoms with Crippen molar-refractivity contribution in [1.82, 2.24) is 10.3 Å². The number of nitrogens with one attached hydrogen (secondary N) is 2. The van der Waals surface area contributed by atoms with Crippen LogP contribution in [0.25, 0.3) is 10.8 Å². The van der Waals surface area contributed by atoms with E-state index in [0.717, 1.165) is 5.76 Å². The molecule has 0 saturated heterocycles. The van der Waals surface area contributed by atoms with Gasteiger partial charge in [-0.15, -0.1) is 11.3 Å². The minimum absolute atomic E-state index is 0.00437. The number of rotatable bonds is 5. The Hall–Kier alpha value is -2.64. The van der Waals surface area contributed by atoms with E-state index in [1.54, 1.807) is 25.1 Å². The number of furan rings is 1. The maximum absolute atomic E-state index is 12.8. The van der Waals surface area contributed by atoms with E-state index >= 15 is 0 Å². The molecular weight excluding hydrogens is 398 g/mol. The number of aromatic nitrogens is 1. The summed E-state index contributed by atoms with van der Waals surface area (Å²) in [6.07, 6.45) is 0. The van der Waals surface area contributed by atoms with Crippen molar-refractivity contribution >= 4 is 40.4 Å². The third-order valence-electron chi connectivity index (χ3n) is 3.85. The highest BCUT2D eigenvalue weighted by molar-refractivity contribution is 7.17. The van der Waals surface area contributed by atoms with Crippen LogP contribution in [0.1, 0.15) is 45.3 Å². The molecule has 0 radical (unpaired) electrons. The van der Waals surface area contributed by atoms with Gasteiger partial charge >= 0.3 is 0 Å². The summed E-state index contributed by atoms with van der Waals surface area (Å²) < 4.78 is 5.58. The van der Waals surface area contributed by atoms with Gasteiger partial charge in [0.15, 0.2) is 10.8 Å². The van der Waals surface area contributed by atoms with Crippen molar-refractivity contribution in [2.45, 2.75) is 33.7 Å². The smallest absolute Gasteiger partial charge is 0.267 e. The van der Waals surface area contributed by atoms with Crippen LogP contribution < -0.4 is 10.6 Å². The number of hydrogen-bond donors (Lipinski definition) is 2. The molecule has 28 heavy (non-hydrogen) atoms. The summed E-state index contributed by atoms with van der Waals surface area (Å²) in [5.74, 6) is 0.826. The summed E-state index contributed by atoms with van der Waals surface area (Å²) in [7, 11) is 0. The van der Waals surface area contributed by atoms with Crippen LogP contribution in [0.15, 0.2) is 34.7 Å². The van der Waals surface area contributed by atoms with E-state index in [2.05, 4.69) is 15.6 Å². The number of amides is 2. The van der Waals surface area contributed by atoms with Gasteiger partial charge < -0.3 is 15.1 Å². The molecule has 8 heteroatoms. The van der Waals surface area contributed by atoms with Crippen LogP contribution in [0, 0.1) is 13.8 Å². The van der Waals surface area contributed by atoms with Gasteiger partial charge in [-0.2, -0.15) is 0 Å². The fourth-order valence-electron chi connectivity index (χ4n) is 2.55. The minimum Gasteiger partial charge on any atom is -0.459 e. The quantitative estimate of drug-likeness (QED) is 0.607. The van der Waals surface area contributed by atoms with Crippen LogP contribution in [0.5, 0.6) is 0 Å². The van der Waals surface area contributed by atoms with E-state index in [0.29, 0.717) is 37.6 Å². The van der Waals surface area contributed by atoms with E-state index in [1.807, 2.05) is 32.9 Å². The largest absolute Gasteiger partial charge is 0.459 e. The van der Waals surface area contributed by atoms with Gasteiger partial charge in [0, 0.05) is 11.6 Å². The first-order valence-corrected chi connectivity index (χ1v) is 9.90. The van der Waals surface area contributed by atoms with Crippen LogP contribution in [0.2, 0.25) is 5.02 Å². The van der Waals surface area contributed by atoms with Gasteiger partial charge in [0.1, 0.15) is 10.6 Å². The molecule has 0 aliphatic carbocycles. The molecule has 0 atom stereocenters. The summed E-state index contributed by atoms with van der Waals surface area (Å²) in [5, 5.41) is 6.56. The molecule has 0 aliphatic heterocycles. The Morgan fingerprint density at radius 3 is 2.54 bits per heavy atom. The molecule has 3 rings (SSSR count). The molecule has 0 saturated carbocycles. The van der Waals surface area contributed by atoms with Gasteiger partial charge in [-0.3, -0.25) is 9.59 Å². The third kappa shape index (κ3) is 4.43. The second-order valence-electron chi connectivity index (χ2n) is 6.62. The number of hydrogen-bond acceptors (Lipinski definition) is 5. The Labute approximate surface area is 171 Å². The fraction of sp³-hybridized carbons (Fsp3) is 0.250. The molecule has 3 aromatic rings. The van der Waals surface area contributed by atoms with Gasteiger partial charge in [-0.05, 0) is 58.0 Å². The zero-order valence-corrected chi connectivity index (χ0v) is 17.5. The second-order valence-corrected chi connectivity index (χ2v) is 8.03. The molecule has 2 heterocycles. The van der Waals surface area contributed by atoms with Gasteiger partial charge in [-0.25, -0.2) is 4.98 Å². The van der Waals surface area contributed by atoms with Gasteiger partial charge in [-0.1, -0.05) is 11.6 Å². The van der Waals surface area contributed by atoms with Crippen molar-refractivity contribution in [2.75, 3.05) is 5.32 Å². The van der Waals surface area contributed by atoms with Crippen molar-refractivity contribution in [2.24, 2.45) is 0 Å². The third-order valence-corrected chi connectivity index (χ3v) is 5.35. The lowest BCUT2D eigenvalue weighted by Crippen LogP contribution is -2.30. The number of thiazole rings is 1. The number of nitrogens with zero attached hydrogens (tertiary/aromatic N) is 1. The number of halogens is 1. The van der Waals surface area contributed by atoms with E-state index in [1.165, 1.54) is 11.3 Å². The molecule has 1 aromatic carbocycles. The topological polar surface area (TPSA) is 84.2 Å². The predicted octanol–water partition coefficient (Wildman–Crippen LogP) is 5.06. The van der Waals surface area contributed by atoms with Crippen molar-refractivity contribution < 1.29 is 14.0 Å². The Bertz CT molecular complexity index is 1040. The van der Waals surface area contributed by atoms with Crippen molar-refractivity contribution in [3.05, 3.63) is 57.2 Å². The highest BCUT2D eigenvalue weighted by atomic mass is 35.5. The molecule has 2 amide bonds. The first-order valence-electron chi connectivity index (χ1n) is 8.70. The lowest BCUT2D eigenvalue weighted by atomic mass is 10.1. The predicted molar refractivity (Wildman–Crippen MR) is 111 cm³/mol. The van der Waals surface area contributed by atoms with Crippen molar-refractivity contribution in [3.8, 4) is 10.8 Å². The molecule has 0 fully saturated rings. The standard InChI is InChI=1S/C20H20ClN3O3S/c1-10(2)22-18(25)13-6-7-14(21)15(9-13)24-19(26)17-12(4)23-20(28-17)16-8-5-11(3)27-16/h5-10H,1-4H3,(H,22,25)(H,24,26). The molecule has 0 bridgehead atoms. The zero-order valence-electron chi connectivity index (χ0n) is 15.9. The molecule has 0 spiro atoms. The van der Waals surface area contributed by atoms with Gasteiger partial charge in [0.05, 0.1) is 16.4 Å². The Kier molecular flexibility index (Phi) is 5.86. The molecule has 0 unspecified atom stereocenters. The fourth-order valence-corrected chi connectivity index (χ4v) is 3.64. The molecule has 2 aromatic heterocycles. The Morgan fingerprint density at radius 1 is 1.14 bits per heavy atom. The maximum atomic E-state index is 12.8. The van der Waals surface area contributed by atoms with E-state index in [4.69, 9.17) is 16.0 Å². The summed E-state index contributed by atoms with van der Waals surface area (Å²) >= 11 is 7.45. The SMILES string of the molecule is Cc1ccc(-c2nc(C)c(C(=O)Nc3cc(C(=O)NC(C)C)ccc3Cl)s2)o1. The highest BCUT2D eigenvalue weighted by Crippen LogP contribution is 2.31.